The van der Waals surface area contributed by atoms with Crippen LogP contribution in [0.15, 0.2) is 182 Å². The molecule has 0 bridgehead atoms. The molecule has 0 heterocycles. The summed E-state index contributed by atoms with van der Waals surface area (Å²) in [5, 5.41) is 34.1. The lowest BCUT2D eigenvalue weighted by atomic mass is 10.1. The topological polar surface area (TPSA) is 132 Å². The first-order valence-corrected chi connectivity index (χ1v) is 27.3. The quantitative estimate of drug-likeness (QED) is 0.0353. The third-order valence-corrected chi connectivity index (χ3v) is 10.0. The molecule has 0 rings (SSSR count). The highest BCUT2D eigenvalue weighted by molar-refractivity contribution is 5.67. The van der Waals surface area contributed by atoms with Crippen molar-refractivity contribution in [2.45, 2.75) is 207 Å². The summed E-state index contributed by atoms with van der Waals surface area (Å²) in [7, 11) is 0. The standard InChI is InChI=1S/C23H34O3.C21H34O2.C21H32O2.CH4/c24-22-20-18-16-14-12-10-8-6-4-2-1-3-5-7-9-11-13-15-17-19-21-23(25)26;2*1-2-3-4-5-6-7-8-9-10-11-12-13-14-15-16-17-18-19-20-21(22)23;/h1,3-4,6-7,9-10,12-13,15-16,18,24H,2,5,8,11,14,17,19-22H2,(H,25,26);7-8,10-11,13-14,16-17H,2-6,9,12,15,18-20H2,1H3,(H,22,23);4-5,7-8,10-11,13-14,16-17H,2-3,6,9,12,15,18-20H2,1H3,(H,22,23);1H4/b3-1-,6-4-,9-7-,12-10-,15-13-,18-16-;8-7-,11-10-,14-13-,17-16-;5-4-,8-7-,11-10-,14-13-,17-16-;. The number of aliphatic hydroxyl groups excluding tert-OH is 1. The maximum Gasteiger partial charge on any atom is 0.303 e. The van der Waals surface area contributed by atoms with E-state index < -0.39 is 17.9 Å². The molecule has 0 aliphatic carbocycles. The lowest BCUT2D eigenvalue weighted by molar-refractivity contribution is -0.138. The molecule has 0 atom stereocenters. The molecule has 0 aromatic carbocycles. The molecule has 0 radical (unpaired) electrons. The van der Waals surface area contributed by atoms with Gasteiger partial charge in [0.15, 0.2) is 0 Å². The molecule has 0 spiro atoms. The van der Waals surface area contributed by atoms with E-state index in [1.165, 1.54) is 44.9 Å². The van der Waals surface area contributed by atoms with Crippen LogP contribution in [0.4, 0.5) is 0 Å². The van der Waals surface area contributed by atoms with Crippen molar-refractivity contribution in [1.29, 1.82) is 0 Å². The highest BCUT2D eigenvalue weighted by Crippen LogP contribution is 2.05. The molecule has 7 nitrogen and oxygen atoms in total. The fourth-order valence-electron chi connectivity index (χ4n) is 6.00. The zero-order chi connectivity index (χ0) is 53.2. The molecule has 0 aromatic rings. The number of rotatable bonds is 45. The van der Waals surface area contributed by atoms with Crippen molar-refractivity contribution < 1.29 is 34.8 Å². The Hall–Kier alpha value is -5.53. The molecule has 7 heteroatoms. The van der Waals surface area contributed by atoms with Crippen molar-refractivity contribution in [3.63, 3.8) is 0 Å². The Balaban J connectivity index is -0.000000487. The van der Waals surface area contributed by atoms with Gasteiger partial charge in [0.2, 0.25) is 0 Å². The normalized spacial score (nSPS) is 12.5. The van der Waals surface area contributed by atoms with E-state index in [2.05, 4.69) is 184 Å². The van der Waals surface area contributed by atoms with Gasteiger partial charge < -0.3 is 20.4 Å². The van der Waals surface area contributed by atoms with Gasteiger partial charge in [0.25, 0.3) is 0 Å². The Labute approximate surface area is 447 Å². The van der Waals surface area contributed by atoms with Gasteiger partial charge in [0.05, 0.1) is 0 Å². The molecule has 410 valence electrons. The van der Waals surface area contributed by atoms with Crippen LogP contribution in [0, 0.1) is 0 Å². The molecular weight excluding hydrogens is 905 g/mol. The Morgan fingerprint density at radius 2 is 0.466 bits per heavy atom. The highest BCUT2D eigenvalue weighted by Gasteiger charge is 1.94. The van der Waals surface area contributed by atoms with Gasteiger partial charge in [0.1, 0.15) is 0 Å². The van der Waals surface area contributed by atoms with Crippen LogP contribution >= 0.6 is 0 Å². The van der Waals surface area contributed by atoms with Crippen LogP contribution in [0.5, 0.6) is 0 Å². The fourth-order valence-corrected chi connectivity index (χ4v) is 6.00. The van der Waals surface area contributed by atoms with Crippen molar-refractivity contribution in [3.8, 4) is 0 Å². The Morgan fingerprint density at radius 3 is 0.671 bits per heavy atom. The molecule has 0 aliphatic rings. The number of aliphatic carboxylic acids is 3. The first-order valence-electron chi connectivity index (χ1n) is 27.3. The SMILES string of the molecule is C.CCC/C=C\C/C=C\C/C=C\C/C=C\C/C=C\CCCC(=O)O.CCCCCC/C=C\C/C=C\C/C=C\C/C=C\CCCC(=O)O.O=C(O)CCC/C=C\C/C=C\C/C=C\C/C=C\C/C=C\C/C=C\CCO. The average molecular weight is 1010 g/mol. The molecule has 0 aromatic heterocycles. The number of aliphatic hydroxyl groups is 1. The monoisotopic (exact) mass is 1010 g/mol. The molecule has 4 N–H and O–H groups in total. The molecule has 0 aliphatic heterocycles. The second-order valence-electron chi connectivity index (χ2n) is 16.9. The summed E-state index contributed by atoms with van der Waals surface area (Å²) in [6.45, 7) is 4.66. The van der Waals surface area contributed by atoms with Gasteiger partial charge in [-0.3, -0.25) is 14.4 Å². The molecule has 0 fully saturated rings. The van der Waals surface area contributed by atoms with Gasteiger partial charge in [-0.15, -0.1) is 0 Å². The predicted octanol–water partition coefficient (Wildman–Crippen LogP) is 19.5. The predicted molar refractivity (Wildman–Crippen MR) is 319 cm³/mol. The van der Waals surface area contributed by atoms with Crippen molar-refractivity contribution in [3.05, 3.63) is 182 Å². The summed E-state index contributed by atoms with van der Waals surface area (Å²) < 4.78 is 0. The fraction of sp³-hybridized carbons (Fsp3) is 0.500. The lowest BCUT2D eigenvalue weighted by Crippen LogP contribution is -1.92. The first kappa shape index (κ1) is 74.0. The van der Waals surface area contributed by atoms with Gasteiger partial charge in [0, 0.05) is 25.9 Å². The van der Waals surface area contributed by atoms with Gasteiger partial charge in [-0.1, -0.05) is 229 Å². The summed E-state index contributed by atoms with van der Waals surface area (Å²) in [6.07, 6.45) is 91.4. The summed E-state index contributed by atoms with van der Waals surface area (Å²) >= 11 is 0. The van der Waals surface area contributed by atoms with E-state index in [1.54, 1.807) is 0 Å². The Kier molecular flexibility index (Phi) is 71.7. The average Bonchev–Trinajstić information content (AvgIpc) is 3.36. The summed E-state index contributed by atoms with van der Waals surface area (Å²) in [5.74, 6) is -2.15. The van der Waals surface area contributed by atoms with Crippen LogP contribution in [0.1, 0.15) is 207 Å². The zero-order valence-corrected chi connectivity index (χ0v) is 45.0. The van der Waals surface area contributed by atoms with Crippen molar-refractivity contribution in [2.24, 2.45) is 0 Å². The van der Waals surface area contributed by atoms with Gasteiger partial charge in [-0.2, -0.15) is 0 Å². The first-order chi connectivity index (χ1) is 35.3. The Bertz CT molecular complexity index is 1670. The number of carbonyl (C=O) groups is 3. The largest absolute Gasteiger partial charge is 0.481 e. The smallest absolute Gasteiger partial charge is 0.303 e. The third kappa shape index (κ3) is 83.6. The summed E-state index contributed by atoms with van der Waals surface area (Å²) in [4.78, 5) is 31.0. The molecule has 0 saturated carbocycles. The van der Waals surface area contributed by atoms with Crippen LogP contribution in [0.3, 0.4) is 0 Å². The van der Waals surface area contributed by atoms with Crippen LogP contribution in [-0.2, 0) is 14.4 Å². The number of hydrogen-bond acceptors (Lipinski definition) is 4. The van der Waals surface area contributed by atoms with Gasteiger partial charge in [-0.25, -0.2) is 0 Å². The van der Waals surface area contributed by atoms with Gasteiger partial charge in [-0.05, 0) is 141 Å². The van der Waals surface area contributed by atoms with E-state index in [0.717, 1.165) is 116 Å². The minimum absolute atomic E-state index is 0. The van der Waals surface area contributed by atoms with Crippen LogP contribution < -0.4 is 0 Å². The lowest BCUT2D eigenvalue weighted by Gasteiger charge is -1.93. The molecule has 73 heavy (non-hydrogen) atoms. The van der Waals surface area contributed by atoms with Crippen molar-refractivity contribution >= 4 is 17.9 Å². The number of unbranched alkanes of at least 4 members (excludes halogenated alkanes) is 8. The Morgan fingerprint density at radius 1 is 0.260 bits per heavy atom. The number of carboxylic acid groups (broad SMARTS) is 3. The van der Waals surface area contributed by atoms with E-state index in [4.69, 9.17) is 20.4 Å². The molecule has 0 unspecified atom stereocenters. The van der Waals surface area contributed by atoms with Gasteiger partial charge >= 0.3 is 17.9 Å². The minimum atomic E-state index is -0.723. The van der Waals surface area contributed by atoms with E-state index in [1.807, 2.05) is 12.2 Å². The van der Waals surface area contributed by atoms with E-state index >= 15 is 0 Å². The van der Waals surface area contributed by atoms with Crippen LogP contribution in [0.25, 0.3) is 0 Å². The molecule has 0 amide bonds. The van der Waals surface area contributed by atoms with E-state index in [0.29, 0.717) is 6.42 Å². The zero-order valence-electron chi connectivity index (χ0n) is 45.0. The van der Waals surface area contributed by atoms with E-state index in [-0.39, 0.29) is 33.3 Å². The van der Waals surface area contributed by atoms with E-state index in [9.17, 15) is 14.4 Å². The number of hydrogen-bond donors (Lipinski definition) is 4. The number of carboxylic acids is 3. The highest BCUT2D eigenvalue weighted by atomic mass is 16.4. The van der Waals surface area contributed by atoms with Crippen molar-refractivity contribution in [2.75, 3.05) is 6.61 Å². The summed E-state index contributed by atoms with van der Waals surface area (Å²) in [6, 6.07) is 0. The second-order valence-corrected chi connectivity index (χ2v) is 16.9. The summed E-state index contributed by atoms with van der Waals surface area (Å²) in [5.41, 5.74) is 0. The molecule has 0 saturated heterocycles. The minimum Gasteiger partial charge on any atom is -0.481 e. The maximum atomic E-state index is 10.3. The van der Waals surface area contributed by atoms with Crippen LogP contribution in [0.2, 0.25) is 0 Å². The number of allylic oxidation sites excluding steroid dienone is 29. The second kappa shape index (κ2) is 70.7. The maximum absolute atomic E-state index is 10.3. The van der Waals surface area contributed by atoms with Crippen molar-refractivity contribution in [1.82, 2.24) is 0 Å². The molecular formula is C66H104O7. The third-order valence-electron chi connectivity index (χ3n) is 10.0. The van der Waals surface area contributed by atoms with Crippen LogP contribution in [-0.4, -0.2) is 44.9 Å².